The minimum atomic E-state index is 0.522. The zero-order chi connectivity index (χ0) is 28.3. The smallest absolute Gasteiger partial charge is 0.183 e. The van der Waals surface area contributed by atoms with Crippen LogP contribution in [0.1, 0.15) is 0 Å². The number of aromatic nitrogens is 6. The van der Waals surface area contributed by atoms with Crippen LogP contribution in [0, 0.1) is 0 Å². The lowest BCUT2D eigenvalue weighted by Gasteiger charge is -2.15. The number of hydrogen-bond donors (Lipinski definition) is 0. The van der Waals surface area contributed by atoms with E-state index in [-0.39, 0.29) is 0 Å². The maximum absolute atomic E-state index is 5.29. The molecule has 5 aromatic heterocycles. The molecule has 0 aliphatic carbocycles. The van der Waals surface area contributed by atoms with Crippen molar-refractivity contribution in [3.8, 4) is 34.3 Å². The average Bonchev–Trinajstić information content (AvgIpc) is 3.48. The molecule has 9 aromatic rings. The van der Waals surface area contributed by atoms with Crippen molar-refractivity contribution in [2.75, 3.05) is 0 Å². The van der Waals surface area contributed by atoms with Crippen molar-refractivity contribution < 1.29 is 0 Å². The molecule has 0 saturated heterocycles. The van der Waals surface area contributed by atoms with Gasteiger partial charge in [0.25, 0.3) is 0 Å². The van der Waals surface area contributed by atoms with E-state index in [1.54, 1.807) is 24.8 Å². The van der Waals surface area contributed by atoms with Crippen LogP contribution in [-0.2, 0) is 0 Å². The van der Waals surface area contributed by atoms with Crippen LogP contribution in [-0.4, -0.2) is 29.9 Å². The van der Waals surface area contributed by atoms with Gasteiger partial charge in [-0.1, -0.05) is 60.7 Å². The topological polar surface area (TPSA) is 77.3 Å². The van der Waals surface area contributed by atoms with E-state index in [1.165, 1.54) is 30.9 Å². The molecule has 5 heterocycles. The van der Waals surface area contributed by atoms with Gasteiger partial charge < -0.3 is 0 Å². The van der Waals surface area contributed by atoms with Crippen molar-refractivity contribution in [3.05, 3.63) is 122 Å². The van der Waals surface area contributed by atoms with E-state index in [2.05, 4.69) is 76.7 Å². The molecule has 9 rings (SSSR count). The maximum Gasteiger partial charge on any atom is 0.183 e. The largest absolute Gasteiger partial charge is 0.265 e. The highest BCUT2D eigenvalue weighted by Gasteiger charge is 2.22. The van der Waals surface area contributed by atoms with Gasteiger partial charge in [0, 0.05) is 77.6 Å². The molecule has 0 saturated carbocycles. The maximum atomic E-state index is 5.29. The van der Waals surface area contributed by atoms with Crippen molar-refractivity contribution in [1.82, 2.24) is 29.9 Å². The van der Waals surface area contributed by atoms with Crippen LogP contribution in [0.5, 0.6) is 0 Å². The van der Waals surface area contributed by atoms with Gasteiger partial charge >= 0.3 is 0 Å². The summed E-state index contributed by atoms with van der Waals surface area (Å²) < 4.78 is 2.54. The van der Waals surface area contributed by atoms with E-state index in [4.69, 9.17) is 19.9 Å². The molecular formula is C36H20N6S. The Balaban J connectivity index is 1.50. The second-order valence-electron chi connectivity index (χ2n) is 10.4. The third kappa shape index (κ3) is 3.72. The molecule has 0 bridgehead atoms. The van der Waals surface area contributed by atoms with Gasteiger partial charge in [-0.2, -0.15) is 0 Å². The Kier molecular flexibility index (Phi) is 5.27. The van der Waals surface area contributed by atoms with Gasteiger partial charge in [0.2, 0.25) is 0 Å². The first-order valence-corrected chi connectivity index (χ1v) is 14.8. The van der Waals surface area contributed by atoms with Gasteiger partial charge in [-0.25, -0.2) is 19.9 Å². The van der Waals surface area contributed by atoms with Crippen LogP contribution in [0.2, 0.25) is 0 Å². The second-order valence-corrected chi connectivity index (χ2v) is 11.4. The van der Waals surface area contributed by atoms with Crippen molar-refractivity contribution >= 4 is 64.0 Å². The van der Waals surface area contributed by atoms with Crippen molar-refractivity contribution in [1.29, 1.82) is 0 Å². The fraction of sp³-hybridized carbons (Fsp3) is 0. The highest BCUT2D eigenvalue weighted by atomic mass is 32.1. The Hall–Kier alpha value is -5.66. The number of hydrogen-bond acceptors (Lipinski definition) is 7. The Labute approximate surface area is 249 Å². The summed E-state index contributed by atoms with van der Waals surface area (Å²) in [5, 5.41) is 8.13. The van der Waals surface area contributed by atoms with Gasteiger partial charge in [0.1, 0.15) is 5.69 Å². The van der Waals surface area contributed by atoms with Crippen molar-refractivity contribution in [3.63, 3.8) is 0 Å². The van der Waals surface area contributed by atoms with E-state index >= 15 is 0 Å². The van der Waals surface area contributed by atoms with Crippen LogP contribution < -0.4 is 0 Å². The first-order chi connectivity index (χ1) is 21.3. The highest BCUT2D eigenvalue weighted by Crippen LogP contribution is 2.47. The number of rotatable bonds is 3. The van der Waals surface area contributed by atoms with Gasteiger partial charge in [0.15, 0.2) is 17.5 Å². The molecule has 0 unspecified atom stereocenters. The normalized spacial score (nSPS) is 11.7. The van der Waals surface area contributed by atoms with Crippen molar-refractivity contribution in [2.45, 2.75) is 0 Å². The molecule has 43 heavy (non-hydrogen) atoms. The van der Waals surface area contributed by atoms with E-state index in [0.717, 1.165) is 38.5 Å². The first kappa shape index (κ1) is 24.0. The monoisotopic (exact) mass is 568 g/mol. The molecule has 0 aliphatic rings. The zero-order valence-electron chi connectivity index (χ0n) is 22.6. The van der Waals surface area contributed by atoms with Crippen LogP contribution in [0.15, 0.2) is 122 Å². The Bertz CT molecular complexity index is 2450. The number of fused-ring (bicyclic) bond motifs is 10. The number of thiophene rings is 1. The van der Waals surface area contributed by atoms with E-state index in [0.29, 0.717) is 17.5 Å². The number of nitrogens with zero attached hydrogens (tertiary/aromatic N) is 6. The molecule has 0 radical (unpaired) electrons. The molecule has 0 fully saturated rings. The predicted octanol–water partition coefficient (Wildman–Crippen LogP) is 8.89. The van der Waals surface area contributed by atoms with Gasteiger partial charge in [-0.15, -0.1) is 11.3 Å². The summed E-state index contributed by atoms with van der Waals surface area (Å²) in [6.45, 7) is 0. The lowest BCUT2D eigenvalue weighted by Crippen LogP contribution is -2.02. The summed E-state index contributed by atoms with van der Waals surface area (Å²) in [7, 11) is 0. The third-order valence-electron chi connectivity index (χ3n) is 7.90. The van der Waals surface area contributed by atoms with Crippen molar-refractivity contribution in [2.24, 2.45) is 0 Å². The molecule has 0 aliphatic heterocycles. The average molecular weight is 569 g/mol. The molecule has 0 amide bonds. The SMILES string of the molecule is c1ccc2c(c1)nc(-c1nc(-c3ccncc3)nc(-c3ccncc3)n1)c1c3ccccc3c3sc4ccccc4c3c21. The first-order valence-electron chi connectivity index (χ1n) is 13.9. The van der Waals surface area contributed by atoms with Crippen LogP contribution in [0.25, 0.3) is 86.9 Å². The Morgan fingerprint density at radius 3 is 1.67 bits per heavy atom. The Morgan fingerprint density at radius 1 is 0.419 bits per heavy atom. The summed E-state index contributed by atoms with van der Waals surface area (Å²) in [6, 6.07) is 33.3. The minimum Gasteiger partial charge on any atom is -0.265 e. The number of para-hydroxylation sites is 1. The number of benzene rings is 4. The van der Waals surface area contributed by atoms with Crippen LogP contribution in [0.3, 0.4) is 0 Å². The second kappa shape index (κ2) is 9.44. The molecule has 0 atom stereocenters. The zero-order valence-corrected chi connectivity index (χ0v) is 23.5. The van der Waals surface area contributed by atoms with E-state index in [9.17, 15) is 0 Å². The lowest BCUT2D eigenvalue weighted by atomic mass is 9.93. The highest BCUT2D eigenvalue weighted by molar-refractivity contribution is 7.27. The van der Waals surface area contributed by atoms with Gasteiger partial charge in [0.05, 0.1) is 5.52 Å². The van der Waals surface area contributed by atoms with E-state index < -0.39 is 0 Å². The standard InChI is InChI=1S/C36H20N6S/c1-2-8-24-23(7-1)30-29(31-26-10-4-6-12-28(26)43-33(24)31)25-9-3-5-11-27(25)39-32(30)36-41-34(21-13-17-37-18-14-21)40-35(42-36)22-15-19-38-20-16-22/h1-20H. The number of pyridine rings is 3. The van der Waals surface area contributed by atoms with Gasteiger partial charge in [-0.05, 0) is 41.8 Å². The fourth-order valence-corrected chi connectivity index (χ4v) is 7.27. The summed E-state index contributed by atoms with van der Waals surface area (Å²) in [4.78, 5) is 28.7. The van der Waals surface area contributed by atoms with Gasteiger partial charge in [-0.3, -0.25) is 9.97 Å². The summed E-state index contributed by atoms with van der Waals surface area (Å²) in [5.74, 6) is 1.65. The van der Waals surface area contributed by atoms with Crippen LogP contribution in [0.4, 0.5) is 0 Å². The Morgan fingerprint density at radius 2 is 0.977 bits per heavy atom. The minimum absolute atomic E-state index is 0.522. The summed E-state index contributed by atoms with van der Waals surface area (Å²) in [5.41, 5.74) is 3.34. The summed E-state index contributed by atoms with van der Waals surface area (Å²) in [6.07, 6.45) is 7.00. The molecular weight excluding hydrogens is 549 g/mol. The third-order valence-corrected chi connectivity index (χ3v) is 9.11. The molecule has 7 heteroatoms. The molecule has 0 spiro atoms. The van der Waals surface area contributed by atoms with E-state index in [1.807, 2.05) is 41.7 Å². The molecule has 4 aromatic carbocycles. The lowest BCUT2D eigenvalue weighted by molar-refractivity contribution is 1.06. The molecule has 0 N–H and O–H groups in total. The fourth-order valence-electron chi connectivity index (χ4n) is 6.02. The molecule has 200 valence electrons. The molecule has 6 nitrogen and oxygen atoms in total. The predicted molar refractivity (Wildman–Crippen MR) is 175 cm³/mol. The van der Waals surface area contributed by atoms with Crippen LogP contribution >= 0.6 is 11.3 Å². The summed E-state index contributed by atoms with van der Waals surface area (Å²) >= 11 is 1.84. The quantitative estimate of drug-likeness (QED) is 0.198.